The Bertz CT molecular complexity index is 559. The largest absolute Gasteiger partial charge is 0.254 e. The van der Waals surface area contributed by atoms with Crippen molar-refractivity contribution in [2.45, 2.75) is 33.1 Å². The third-order valence-corrected chi connectivity index (χ3v) is 3.62. The van der Waals surface area contributed by atoms with E-state index >= 15 is 0 Å². The minimum absolute atomic E-state index is 0.0166. The number of aromatic nitrogens is 2. The van der Waals surface area contributed by atoms with Gasteiger partial charge in [-0.1, -0.05) is 26.0 Å². The maximum absolute atomic E-state index is 4.56. The molecule has 0 aromatic carbocycles. The van der Waals surface area contributed by atoms with Gasteiger partial charge in [0.25, 0.3) is 0 Å². The molecule has 1 aliphatic carbocycles. The van der Waals surface area contributed by atoms with E-state index in [0.29, 0.717) is 0 Å². The fourth-order valence-corrected chi connectivity index (χ4v) is 2.61. The molecule has 2 nitrogen and oxygen atoms in total. The van der Waals surface area contributed by atoms with E-state index in [2.05, 4.69) is 49.8 Å². The van der Waals surface area contributed by atoms with Gasteiger partial charge >= 0.3 is 0 Å². The minimum Gasteiger partial charge on any atom is -0.254 e. The molecule has 0 unspecified atom stereocenters. The Kier molecular flexibility index (Phi) is 1.94. The average molecular weight is 224 g/mol. The topological polar surface area (TPSA) is 25.8 Å². The van der Waals surface area contributed by atoms with Crippen LogP contribution >= 0.6 is 0 Å². The lowest BCUT2D eigenvalue weighted by atomic mass is 9.82. The number of aryl methyl sites for hydroxylation is 2. The van der Waals surface area contributed by atoms with E-state index in [0.717, 1.165) is 11.4 Å². The van der Waals surface area contributed by atoms with Crippen LogP contribution in [0.4, 0.5) is 0 Å². The van der Waals surface area contributed by atoms with Gasteiger partial charge in [0.2, 0.25) is 0 Å². The first-order valence-corrected chi connectivity index (χ1v) is 5.95. The van der Waals surface area contributed by atoms with Crippen molar-refractivity contribution < 1.29 is 0 Å². The van der Waals surface area contributed by atoms with Gasteiger partial charge in [0.05, 0.1) is 11.4 Å². The van der Waals surface area contributed by atoms with E-state index in [4.69, 9.17) is 0 Å². The van der Waals surface area contributed by atoms with E-state index in [9.17, 15) is 0 Å². The molecule has 2 heteroatoms. The van der Waals surface area contributed by atoms with Gasteiger partial charge in [0, 0.05) is 17.8 Å². The SMILES string of the molecule is Cc1cnc2c(c1)C(C)(C)c1cc(C)cnc1-2. The monoisotopic (exact) mass is 224 g/mol. The van der Waals surface area contributed by atoms with E-state index in [-0.39, 0.29) is 5.41 Å². The van der Waals surface area contributed by atoms with Crippen molar-refractivity contribution in [1.29, 1.82) is 0 Å². The fraction of sp³-hybridized carbons (Fsp3) is 0.333. The van der Waals surface area contributed by atoms with Crippen LogP contribution in [0.2, 0.25) is 0 Å². The second-order valence-corrected chi connectivity index (χ2v) is 5.44. The van der Waals surface area contributed by atoms with E-state index in [1.165, 1.54) is 22.3 Å². The van der Waals surface area contributed by atoms with Crippen LogP contribution in [0, 0.1) is 13.8 Å². The van der Waals surface area contributed by atoms with Gasteiger partial charge in [-0.25, -0.2) is 0 Å². The van der Waals surface area contributed by atoms with Gasteiger partial charge in [-0.05, 0) is 36.1 Å². The molecule has 0 N–H and O–H groups in total. The van der Waals surface area contributed by atoms with Gasteiger partial charge < -0.3 is 0 Å². The minimum atomic E-state index is 0.0166. The Morgan fingerprint density at radius 1 is 0.824 bits per heavy atom. The van der Waals surface area contributed by atoms with Gasteiger partial charge in [-0.15, -0.1) is 0 Å². The predicted octanol–water partition coefficient (Wildman–Crippen LogP) is 3.40. The normalized spacial score (nSPS) is 15.5. The molecular formula is C15H16N2. The summed E-state index contributed by atoms with van der Waals surface area (Å²) in [5.41, 5.74) is 7.13. The molecule has 2 aromatic rings. The molecule has 2 aromatic heterocycles. The zero-order chi connectivity index (χ0) is 12.2. The summed E-state index contributed by atoms with van der Waals surface area (Å²) in [4.78, 5) is 9.13. The third-order valence-electron chi connectivity index (χ3n) is 3.62. The molecule has 0 spiro atoms. The van der Waals surface area contributed by atoms with Crippen LogP contribution in [-0.4, -0.2) is 9.97 Å². The summed E-state index contributed by atoms with van der Waals surface area (Å²) in [5, 5.41) is 0. The fourth-order valence-electron chi connectivity index (χ4n) is 2.61. The molecule has 0 aliphatic heterocycles. The van der Waals surface area contributed by atoms with Crippen molar-refractivity contribution in [3.63, 3.8) is 0 Å². The quantitative estimate of drug-likeness (QED) is 0.685. The molecule has 0 atom stereocenters. The lowest BCUT2D eigenvalue weighted by molar-refractivity contribution is 0.656. The van der Waals surface area contributed by atoms with Gasteiger partial charge in [0.1, 0.15) is 0 Å². The van der Waals surface area contributed by atoms with Crippen molar-refractivity contribution in [1.82, 2.24) is 9.97 Å². The second kappa shape index (κ2) is 3.16. The number of hydrogen-bond donors (Lipinski definition) is 0. The van der Waals surface area contributed by atoms with Crippen LogP contribution in [0.1, 0.15) is 36.1 Å². The van der Waals surface area contributed by atoms with E-state index in [1.54, 1.807) is 0 Å². The molecule has 0 amide bonds. The van der Waals surface area contributed by atoms with Crippen LogP contribution in [0.25, 0.3) is 11.4 Å². The summed E-state index contributed by atoms with van der Waals surface area (Å²) in [6.45, 7) is 8.68. The summed E-state index contributed by atoms with van der Waals surface area (Å²) in [5.74, 6) is 0. The van der Waals surface area contributed by atoms with E-state index < -0.39 is 0 Å². The number of hydrogen-bond acceptors (Lipinski definition) is 2. The number of pyridine rings is 2. The Morgan fingerprint density at radius 2 is 1.24 bits per heavy atom. The highest BCUT2D eigenvalue weighted by Crippen LogP contribution is 2.46. The summed E-state index contributed by atoms with van der Waals surface area (Å²) in [6.07, 6.45) is 3.84. The Labute approximate surface area is 102 Å². The summed E-state index contributed by atoms with van der Waals surface area (Å²) >= 11 is 0. The molecule has 0 radical (unpaired) electrons. The Hall–Kier alpha value is -1.70. The number of fused-ring (bicyclic) bond motifs is 3. The summed E-state index contributed by atoms with van der Waals surface area (Å²) in [6, 6.07) is 4.47. The van der Waals surface area contributed by atoms with Crippen LogP contribution < -0.4 is 0 Å². The maximum atomic E-state index is 4.56. The molecule has 2 heterocycles. The third kappa shape index (κ3) is 1.33. The molecule has 0 fully saturated rings. The molecule has 17 heavy (non-hydrogen) atoms. The molecular weight excluding hydrogens is 208 g/mol. The number of nitrogens with zero attached hydrogens (tertiary/aromatic N) is 2. The van der Waals surface area contributed by atoms with Crippen LogP contribution in [0.15, 0.2) is 24.5 Å². The zero-order valence-electron chi connectivity index (χ0n) is 10.7. The first kappa shape index (κ1) is 10.5. The molecule has 0 bridgehead atoms. The Balaban J connectivity index is 2.37. The van der Waals surface area contributed by atoms with Gasteiger partial charge in [-0.3, -0.25) is 9.97 Å². The standard InChI is InChI=1S/C15H16N2/c1-9-5-11-13(16-7-9)14-12(15(11,3)4)6-10(2)8-17-14/h5-8H,1-4H3. The van der Waals surface area contributed by atoms with E-state index in [1.807, 2.05) is 12.4 Å². The lowest BCUT2D eigenvalue weighted by Gasteiger charge is -2.21. The molecule has 86 valence electrons. The van der Waals surface area contributed by atoms with Gasteiger partial charge in [0.15, 0.2) is 0 Å². The molecule has 3 rings (SSSR count). The second-order valence-electron chi connectivity index (χ2n) is 5.44. The molecule has 0 saturated carbocycles. The first-order chi connectivity index (χ1) is 8.00. The number of rotatable bonds is 0. The van der Waals surface area contributed by atoms with Crippen LogP contribution in [-0.2, 0) is 5.41 Å². The van der Waals surface area contributed by atoms with Crippen LogP contribution in [0.3, 0.4) is 0 Å². The predicted molar refractivity (Wildman–Crippen MR) is 69.1 cm³/mol. The van der Waals surface area contributed by atoms with Crippen LogP contribution in [0.5, 0.6) is 0 Å². The van der Waals surface area contributed by atoms with Crippen molar-refractivity contribution in [3.8, 4) is 11.4 Å². The highest BCUT2D eigenvalue weighted by molar-refractivity contribution is 5.74. The van der Waals surface area contributed by atoms with Crippen molar-refractivity contribution in [3.05, 3.63) is 46.8 Å². The molecule has 1 aliphatic rings. The zero-order valence-corrected chi connectivity index (χ0v) is 10.7. The average Bonchev–Trinajstić information content (AvgIpc) is 2.49. The van der Waals surface area contributed by atoms with Crippen molar-refractivity contribution in [2.24, 2.45) is 0 Å². The summed E-state index contributed by atoms with van der Waals surface area (Å²) < 4.78 is 0. The summed E-state index contributed by atoms with van der Waals surface area (Å²) in [7, 11) is 0. The highest BCUT2D eigenvalue weighted by Gasteiger charge is 2.37. The maximum Gasteiger partial charge on any atom is 0.0930 e. The van der Waals surface area contributed by atoms with Gasteiger partial charge in [-0.2, -0.15) is 0 Å². The Morgan fingerprint density at radius 3 is 1.65 bits per heavy atom. The van der Waals surface area contributed by atoms with Crippen molar-refractivity contribution in [2.75, 3.05) is 0 Å². The molecule has 0 saturated heterocycles. The first-order valence-electron chi connectivity index (χ1n) is 5.95. The lowest BCUT2D eigenvalue weighted by Crippen LogP contribution is -2.15. The smallest absolute Gasteiger partial charge is 0.0930 e. The van der Waals surface area contributed by atoms with Crippen molar-refractivity contribution >= 4 is 0 Å². The highest BCUT2D eigenvalue weighted by atomic mass is 14.8.